The molecule has 4 unspecified atom stereocenters. The Bertz CT molecular complexity index is 788. The van der Waals surface area contributed by atoms with E-state index in [9.17, 15) is 4.79 Å². The van der Waals surface area contributed by atoms with E-state index in [4.69, 9.17) is 14.2 Å². The van der Waals surface area contributed by atoms with Crippen molar-refractivity contribution in [2.75, 3.05) is 32.2 Å². The number of hydrogen-bond donors (Lipinski definition) is 1. The molecule has 8 nitrogen and oxygen atoms in total. The number of ether oxygens (including phenoxy) is 4. The summed E-state index contributed by atoms with van der Waals surface area (Å²) in [5, 5.41) is 3.30. The third-order valence-electron chi connectivity index (χ3n) is 4.69. The van der Waals surface area contributed by atoms with Gasteiger partial charge in [0.25, 0.3) is 0 Å². The average molecular weight is 371 g/mol. The number of nitrogens with one attached hydrogen (secondary N) is 1. The maximum Gasteiger partial charge on any atom is 0.331 e. The lowest BCUT2D eigenvalue weighted by Gasteiger charge is -2.18. The second-order valence-corrected chi connectivity index (χ2v) is 6.40. The van der Waals surface area contributed by atoms with Crippen molar-refractivity contribution in [1.82, 2.24) is 9.97 Å². The fourth-order valence-electron chi connectivity index (χ4n) is 3.33. The summed E-state index contributed by atoms with van der Waals surface area (Å²) in [4.78, 5) is 20.1. The number of aromatic nitrogens is 2. The number of carbonyl (C=O) groups is 1. The molecule has 2 fully saturated rings. The maximum atomic E-state index is 11.3. The number of methoxy groups -OCH3 is 1. The molecule has 2 saturated heterocycles. The second-order valence-electron chi connectivity index (χ2n) is 6.40. The van der Waals surface area contributed by atoms with Crippen molar-refractivity contribution in [2.24, 2.45) is 0 Å². The van der Waals surface area contributed by atoms with E-state index in [0.717, 1.165) is 11.3 Å². The fourth-order valence-corrected chi connectivity index (χ4v) is 3.33. The normalized spacial score (nSPS) is 26.6. The lowest BCUT2D eigenvalue weighted by Crippen LogP contribution is -2.37. The number of benzene rings is 1. The van der Waals surface area contributed by atoms with Crippen LogP contribution in [0.2, 0.25) is 0 Å². The molecular weight excluding hydrogens is 350 g/mol. The molecule has 0 amide bonds. The molecule has 1 N–H and O–H groups in total. The van der Waals surface area contributed by atoms with E-state index >= 15 is 0 Å². The van der Waals surface area contributed by atoms with Gasteiger partial charge < -0.3 is 24.3 Å². The van der Waals surface area contributed by atoms with Crippen LogP contribution in [-0.4, -0.2) is 67.2 Å². The highest BCUT2D eigenvalue weighted by Crippen LogP contribution is 2.30. The van der Waals surface area contributed by atoms with E-state index in [-0.39, 0.29) is 31.0 Å². The summed E-state index contributed by atoms with van der Waals surface area (Å²) in [6.07, 6.45) is 1.02. The number of nitrogens with zero attached hydrogens (tertiary/aromatic N) is 2. The number of rotatable bonds is 6. The van der Waals surface area contributed by atoms with Gasteiger partial charge in [-0.3, -0.25) is 0 Å². The summed E-state index contributed by atoms with van der Waals surface area (Å²) in [6.45, 7) is 0.708. The Labute approximate surface area is 156 Å². The van der Waals surface area contributed by atoms with E-state index in [2.05, 4.69) is 20.0 Å². The van der Waals surface area contributed by atoms with Gasteiger partial charge in [0.1, 0.15) is 24.9 Å². The van der Waals surface area contributed by atoms with Gasteiger partial charge in [-0.2, -0.15) is 0 Å². The number of esters is 1. The van der Waals surface area contributed by atoms with Crippen LogP contribution in [0.3, 0.4) is 0 Å². The first-order chi connectivity index (χ1) is 13.2. The molecule has 142 valence electrons. The third kappa shape index (κ3) is 3.92. The Hall–Kier alpha value is -2.55. The Morgan fingerprint density at radius 1 is 1.19 bits per heavy atom. The Morgan fingerprint density at radius 3 is 2.81 bits per heavy atom. The van der Waals surface area contributed by atoms with Crippen molar-refractivity contribution < 1.29 is 23.7 Å². The summed E-state index contributed by atoms with van der Waals surface area (Å²) in [5.74, 6) is 0.102. The topological polar surface area (TPSA) is 91.8 Å². The molecule has 0 radical (unpaired) electrons. The minimum absolute atomic E-state index is 0.0900. The first-order valence-corrected chi connectivity index (χ1v) is 8.81. The molecule has 2 aliphatic heterocycles. The zero-order valence-corrected chi connectivity index (χ0v) is 14.9. The van der Waals surface area contributed by atoms with Crippen molar-refractivity contribution >= 4 is 11.9 Å². The van der Waals surface area contributed by atoms with Gasteiger partial charge in [0, 0.05) is 11.8 Å². The lowest BCUT2D eigenvalue weighted by molar-refractivity contribution is -0.149. The number of anilines is 1. The van der Waals surface area contributed by atoms with Crippen molar-refractivity contribution in [3.8, 4) is 11.3 Å². The smallest absolute Gasteiger partial charge is 0.331 e. The minimum Gasteiger partial charge on any atom is -0.467 e. The van der Waals surface area contributed by atoms with E-state index in [1.807, 2.05) is 36.4 Å². The summed E-state index contributed by atoms with van der Waals surface area (Å²) in [7, 11) is 1.33. The van der Waals surface area contributed by atoms with E-state index in [0.29, 0.717) is 19.2 Å². The minimum atomic E-state index is -0.419. The van der Waals surface area contributed by atoms with Gasteiger partial charge in [0.05, 0.1) is 32.1 Å². The highest BCUT2D eigenvalue weighted by molar-refractivity contribution is 5.70. The van der Waals surface area contributed by atoms with Gasteiger partial charge in [-0.05, 0) is 6.07 Å². The van der Waals surface area contributed by atoms with Crippen LogP contribution in [0.1, 0.15) is 0 Å². The lowest BCUT2D eigenvalue weighted by atomic mass is 10.1. The van der Waals surface area contributed by atoms with Gasteiger partial charge in [-0.1, -0.05) is 30.3 Å². The van der Waals surface area contributed by atoms with E-state index in [1.165, 1.54) is 7.11 Å². The quantitative estimate of drug-likeness (QED) is 0.760. The third-order valence-corrected chi connectivity index (χ3v) is 4.69. The molecule has 2 aromatic rings. The second kappa shape index (κ2) is 7.99. The fraction of sp³-hybridized carbons (Fsp3) is 0.421. The first kappa shape index (κ1) is 17.8. The molecule has 0 aliphatic carbocycles. The zero-order chi connectivity index (χ0) is 18.6. The Balaban J connectivity index is 1.39. The summed E-state index contributed by atoms with van der Waals surface area (Å²) < 4.78 is 21.8. The highest BCUT2D eigenvalue weighted by atomic mass is 16.6. The maximum absolute atomic E-state index is 11.3. The summed E-state index contributed by atoms with van der Waals surface area (Å²) in [6, 6.07) is 11.7. The van der Waals surface area contributed by atoms with E-state index in [1.54, 1.807) is 6.20 Å². The molecule has 1 aromatic heterocycles. The van der Waals surface area contributed by atoms with Gasteiger partial charge in [-0.25, -0.2) is 14.8 Å². The van der Waals surface area contributed by atoms with Gasteiger partial charge in [-0.15, -0.1) is 0 Å². The van der Waals surface area contributed by atoms with Crippen molar-refractivity contribution in [3.05, 3.63) is 42.6 Å². The van der Waals surface area contributed by atoms with E-state index < -0.39 is 5.97 Å². The molecule has 2 aliphatic rings. The largest absolute Gasteiger partial charge is 0.467 e. The Morgan fingerprint density at radius 2 is 2.00 bits per heavy atom. The molecule has 8 heteroatoms. The van der Waals surface area contributed by atoms with Crippen LogP contribution >= 0.6 is 0 Å². The molecular formula is C19H21N3O5. The van der Waals surface area contributed by atoms with Crippen LogP contribution in [0.25, 0.3) is 11.3 Å². The first-order valence-electron chi connectivity index (χ1n) is 8.81. The van der Waals surface area contributed by atoms with Gasteiger partial charge in [0.15, 0.2) is 0 Å². The monoisotopic (exact) mass is 371 g/mol. The SMILES string of the molecule is COC(=O)COC1COC2C(Nc3nccc(-c4ccccc4)n3)COC12. The van der Waals surface area contributed by atoms with Crippen LogP contribution < -0.4 is 5.32 Å². The van der Waals surface area contributed by atoms with Crippen LogP contribution in [-0.2, 0) is 23.7 Å². The standard InChI is InChI=1S/C19H21N3O5/c1-24-16(23)11-25-15-10-27-17-14(9-26-18(15)17)22-19-20-8-7-13(21-19)12-5-3-2-4-6-12/h2-8,14-15,17-18H,9-11H2,1H3,(H,20,21,22). The van der Waals surface area contributed by atoms with Crippen molar-refractivity contribution in [3.63, 3.8) is 0 Å². The van der Waals surface area contributed by atoms with Crippen LogP contribution in [0.4, 0.5) is 5.95 Å². The molecule has 0 spiro atoms. The molecule has 4 rings (SSSR count). The zero-order valence-electron chi connectivity index (χ0n) is 14.9. The molecule has 1 aromatic carbocycles. The number of carbonyl (C=O) groups excluding carboxylic acids is 1. The predicted octanol–water partition coefficient (Wildman–Crippen LogP) is 1.28. The molecule has 3 heterocycles. The predicted molar refractivity (Wildman–Crippen MR) is 96.1 cm³/mol. The average Bonchev–Trinajstić information content (AvgIpc) is 3.30. The van der Waals surface area contributed by atoms with Crippen molar-refractivity contribution in [2.45, 2.75) is 24.4 Å². The van der Waals surface area contributed by atoms with Crippen LogP contribution in [0.5, 0.6) is 0 Å². The Kier molecular flexibility index (Phi) is 5.28. The van der Waals surface area contributed by atoms with Gasteiger partial charge >= 0.3 is 5.97 Å². The summed E-state index contributed by atoms with van der Waals surface area (Å²) in [5.41, 5.74) is 1.87. The highest BCUT2D eigenvalue weighted by Gasteiger charge is 2.48. The molecule has 0 bridgehead atoms. The number of fused-ring (bicyclic) bond motifs is 1. The van der Waals surface area contributed by atoms with Crippen molar-refractivity contribution in [1.29, 1.82) is 0 Å². The number of hydrogen-bond acceptors (Lipinski definition) is 8. The molecule has 4 atom stereocenters. The van der Waals surface area contributed by atoms with Crippen LogP contribution in [0, 0.1) is 0 Å². The molecule has 27 heavy (non-hydrogen) atoms. The van der Waals surface area contributed by atoms with Gasteiger partial charge in [0.2, 0.25) is 5.95 Å². The summed E-state index contributed by atoms with van der Waals surface area (Å²) >= 11 is 0. The van der Waals surface area contributed by atoms with Crippen LogP contribution in [0.15, 0.2) is 42.6 Å². The molecule has 0 saturated carbocycles.